The topological polar surface area (TPSA) is 36.2 Å². The third kappa shape index (κ3) is 2.73. The van der Waals surface area contributed by atoms with Gasteiger partial charge in [-0.25, -0.2) is 4.79 Å². The summed E-state index contributed by atoms with van der Waals surface area (Å²) >= 11 is 0. The van der Waals surface area contributed by atoms with Crippen LogP contribution in [0.2, 0.25) is 0 Å². The molecular formula is C10H18N2O2. The molecule has 0 aliphatic heterocycles. The Morgan fingerprint density at radius 1 is 1.36 bits per heavy atom. The molecule has 0 amide bonds. The van der Waals surface area contributed by atoms with E-state index in [0.717, 1.165) is 6.54 Å². The zero-order chi connectivity index (χ0) is 10.6. The minimum absolute atomic E-state index is 0.0415. The first-order valence-electron chi connectivity index (χ1n) is 5.02. The molecule has 4 nitrogen and oxygen atoms in total. The molecule has 0 aliphatic rings. The second-order valence-electron chi connectivity index (χ2n) is 3.48. The molecule has 0 aromatic carbocycles. The number of nitrogens with zero attached hydrogens (tertiary/aromatic N) is 2. The molecule has 0 saturated carbocycles. The zero-order valence-corrected chi connectivity index (χ0v) is 9.06. The van der Waals surface area contributed by atoms with Crippen LogP contribution in [0.15, 0.2) is 17.2 Å². The summed E-state index contributed by atoms with van der Waals surface area (Å²) < 4.78 is 8.72. The highest BCUT2D eigenvalue weighted by Crippen LogP contribution is 1.90. The molecule has 4 heteroatoms. The smallest absolute Gasteiger partial charge is 0.328 e. The van der Waals surface area contributed by atoms with Gasteiger partial charge in [-0.3, -0.25) is 9.13 Å². The van der Waals surface area contributed by atoms with E-state index in [4.69, 9.17) is 4.74 Å². The maximum atomic E-state index is 11.5. The quantitative estimate of drug-likeness (QED) is 0.710. The van der Waals surface area contributed by atoms with Crippen molar-refractivity contribution in [2.75, 3.05) is 6.61 Å². The Balaban J connectivity index is 2.51. The van der Waals surface area contributed by atoms with Crippen LogP contribution in [0.1, 0.15) is 20.8 Å². The van der Waals surface area contributed by atoms with Gasteiger partial charge in [0, 0.05) is 18.9 Å². The molecule has 1 rings (SSSR count). The number of ether oxygens (including phenoxy) is 1. The third-order valence-electron chi connectivity index (χ3n) is 2.04. The Bertz CT molecular complexity index is 325. The first-order chi connectivity index (χ1) is 6.65. The van der Waals surface area contributed by atoms with E-state index in [2.05, 4.69) is 0 Å². The first-order valence-corrected chi connectivity index (χ1v) is 5.02. The fraction of sp³-hybridized carbons (Fsp3) is 0.700. The largest absolute Gasteiger partial charge is 0.377 e. The molecule has 0 saturated heterocycles. The molecule has 0 fully saturated rings. The highest BCUT2D eigenvalue weighted by molar-refractivity contribution is 4.80. The Labute approximate surface area is 84.1 Å². The summed E-state index contributed by atoms with van der Waals surface area (Å²) in [5, 5.41) is 0. The molecule has 0 spiro atoms. The van der Waals surface area contributed by atoms with Crippen LogP contribution in [0, 0.1) is 0 Å². The average molecular weight is 198 g/mol. The molecule has 1 aromatic heterocycles. The minimum atomic E-state index is 0.0415. The van der Waals surface area contributed by atoms with Crippen LogP contribution in [0.3, 0.4) is 0 Å². The summed E-state index contributed by atoms with van der Waals surface area (Å²) in [5.74, 6) is 0. The van der Waals surface area contributed by atoms with Crippen molar-refractivity contribution in [1.82, 2.24) is 9.13 Å². The predicted molar refractivity (Wildman–Crippen MR) is 55.5 cm³/mol. The number of hydrogen-bond acceptors (Lipinski definition) is 2. The van der Waals surface area contributed by atoms with Crippen LogP contribution in [0.25, 0.3) is 0 Å². The van der Waals surface area contributed by atoms with E-state index >= 15 is 0 Å². The Kier molecular flexibility index (Phi) is 3.95. The lowest BCUT2D eigenvalue weighted by atomic mass is 10.5. The zero-order valence-electron chi connectivity index (χ0n) is 9.06. The van der Waals surface area contributed by atoms with Crippen molar-refractivity contribution < 1.29 is 4.74 Å². The molecule has 0 aliphatic carbocycles. The van der Waals surface area contributed by atoms with Crippen molar-refractivity contribution >= 4 is 0 Å². The number of rotatable bonds is 5. The van der Waals surface area contributed by atoms with Gasteiger partial charge in [0.2, 0.25) is 0 Å². The highest BCUT2D eigenvalue weighted by atomic mass is 16.5. The molecular weight excluding hydrogens is 180 g/mol. The lowest BCUT2D eigenvalue weighted by molar-refractivity contribution is 0.0722. The van der Waals surface area contributed by atoms with Crippen LogP contribution in [0.4, 0.5) is 0 Å². The van der Waals surface area contributed by atoms with Gasteiger partial charge < -0.3 is 4.74 Å². The number of hydrogen-bond donors (Lipinski definition) is 0. The van der Waals surface area contributed by atoms with Crippen molar-refractivity contribution in [3.8, 4) is 0 Å². The molecule has 0 unspecified atom stereocenters. The molecule has 14 heavy (non-hydrogen) atoms. The maximum Gasteiger partial charge on any atom is 0.328 e. The van der Waals surface area contributed by atoms with E-state index < -0.39 is 0 Å². The summed E-state index contributed by atoms with van der Waals surface area (Å²) in [6, 6.07) is 0. The lowest BCUT2D eigenvalue weighted by Gasteiger charge is -2.06. The first kappa shape index (κ1) is 11.0. The molecule has 0 bridgehead atoms. The Hall–Kier alpha value is -1.03. The van der Waals surface area contributed by atoms with E-state index in [0.29, 0.717) is 13.2 Å². The van der Waals surface area contributed by atoms with Gasteiger partial charge in [-0.15, -0.1) is 0 Å². The monoisotopic (exact) mass is 198 g/mol. The molecule has 80 valence electrons. The van der Waals surface area contributed by atoms with Crippen LogP contribution < -0.4 is 5.69 Å². The average Bonchev–Trinajstić information content (AvgIpc) is 2.47. The highest BCUT2D eigenvalue weighted by Gasteiger charge is 2.01. The van der Waals surface area contributed by atoms with Gasteiger partial charge in [0.15, 0.2) is 0 Å². The van der Waals surface area contributed by atoms with E-state index in [9.17, 15) is 4.79 Å². The maximum absolute atomic E-state index is 11.5. The van der Waals surface area contributed by atoms with Gasteiger partial charge in [-0.2, -0.15) is 0 Å². The van der Waals surface area contributed by atoms with Crippen molar-refractivity contribution in [3.63, 3.8) is 0 Å². The van der Waals surface area contributed by atoms with Gasteiger partial charge in [-0.05, 0) is 20.8 Å². The SMILES string of the molecule is CCn1ccn(CCOC(C)C)c1=O. The van der Waals surface area contributed by atoms with Gasteiger partial charge in [0.1, 0.15) is 0 Å². The Morgan fingerprint density at radius 2 is 2.00 bits per heavy atom. The van der Waals surface area contributed by atoms with Gasteiger partial charge in [-0.1, -0.05) is 0 Å². The van der Waals surface area contributed by atoms with E-state index in [1.807, 2.05) is 20.8 Å². The number of imidazole rings is 1. The van der Waals surface area contributed by atoms with E-state index in [1.165, 1.54) is 0 Å². The summed E-state index contributed by atoms with van der Waals surface area (Å²) in [4.78, 5) is 11.5. The van der Waals surface area contributed by atoms with Crippen LogP contribution >= 0.6 is 0 Å². The van der Waals surface area contributed by atoms with E-state index in [1.54, 1.807) is 21.5 Å². The molecule has 1 aromatic rings. The molecule has 0 N–H and O–H groups in total. The van der Waals surface area contributed by atoms with Gasteiger partial charge >= 0.3 is 5.69 Å². The van der Waals surface area contributed by atoms with Crippen molar-refractivity contribution in [2.24, 2.45) is 0 Å². The molecule has 1 heterocycles. The summed E-state index contributed by atoms with van der Waals surface area (Å²) in [6.45, 7) is 7.86. The summed E-state index contributed by atoms with van der Waals surface area (Å²) in [6.07, 6.45) is 3.83. The second-order valence-corrected chi connectivity index (χ2v) is 3.48. The standard InChI is InChI=1S/C10H18N2O2/c1-4-11-5-6-12(10(11)13)7-8-14-9(2)3/h5-6,9H,4,7-8H2,1-3H3. The third-order valence-corrected chi connectivity index (χ3v) is 2.04. The fourth-order valence-corrected chi connectivity index (χ4v) is 1.25. The van der Waals surface area contributed by atoms with Crippen molar-refractivity contribution in [3.05, 3.63) is 22.9 Å². The van der Waals surface area contributed by atoms with Gasteiger partial charge in [0.05, 0.1) is 19.3 Å². The minimum Gasteiger partial charge on any atom is -0.377 e. The van der Waals surface area contributed by atoms with Crippen molar-refractivity contribution in [2.45, 2.75) is 40.0 Å². The van der Waals surface area contributed by atoms with Crippen LogP contribution in [-0.2, 0) is 17.8 Å². The van der Waals surface area contributed by atoms with Crippen LogP contribution in [0.5, 0.6) is 0 Å². The van der Waals surface area contributed by atoms with Crippen molar-refractivity contribution in [1.29, 1.82) is 0 Å². The number of aromatic nitrogens is 2. The summed E-state index contributed by atoms with van der Waals surface area (Å²) in [5.41, 5.74) is 0.0415. The molecule has 0 radical (unpaired) electrons. The van der Waals surface area contributed by atoms with Crippen LogP contribution in [-0.4, -0.2) is 21.8 Å². The summed E-state index contributed by atoms with van der Waals surface area (Å²) in [7, 11) is 0. The number of aryl methyl sites for hydroxylation is 1. The van der Waals surface area contributed by atoms with E-state index in [-0.39, 0.29) is 11.8 Å². The van der Waals surface area contributed by atoms with Gasteiger partial charge in [0.25, 0.3) is 0 Å². The lowest BCUT2D eigenvalue weighted by Crippen LogP contribution is -2.25. The second kappa shape index (κ2) is 5.00. The predicted octanol–water partition coefficient (Wildman–Crippen LogP) is 1.09. The Morgan fingerprint density at radius 3 is 2.50 bits per heavy atom. The fourth-order valence-electron chi connectivity index (χ4n) is 1.25. The molecule has 0 atom stereocenters. The normalized spacial score (nSPS) is 11.1.